The maximum absolute atomic E-state index is 11.0. The highest BCUT2D eigenvalue weighted by Crippen LogP contribution is 2.40. The number of nitro benzene ring substituents is 1. The molecule has 0 saturated heterocycles. The zero-order chi connectivity index (χ0) is 14.8. The number of hydrogen-bond donors (Lipinski definition) is 1. The molecule has 2 aromatic carbocycles. The fourth-order valence-electron chi connectivity index (χ4n) is 2.59. The van der Waals surface area contributed by atoms with Gasteiger partial charge in [0.25, 0.3) is 5.69 Å². The molecule has 0 amide bonds. The van der Waals surface area contributed by atoms with E-state index >= 15 is 0 Å². The van der Waals surface area contributed by atoms with Gasteiger partial charge in [-0.3, -0.25) is 10.1 Å². The van der Waals surface area contributed by atoms with Gasteiger partial charge in [-0.05, 0) is 24.1 Å². The SMILES string of the molecule is O=[N+]([O-])c1cc(Cl)ccc1CNC1CC1c1ccccc1. The van der Waals surface area contributed by atoms with Gasteiger partial charge < -0.3 is 5.32 Å². The van der Waals surface area contributed by atoms with Gasteiger partial charge in [0.2, 0.25) is 0 Å². The first-order valence-electron chi connectivity index (χ1n) is 6.86. The summed E-state index contributed by atoms with van der Waals surface area (Å²) >= 11 is 5.81. The number of hydrogen-bond acceptors (Lipinski definition) is 3. The summed E-state index contributed by atoms with van der Waals surface area (Å²) in [5.41, 5.74) is 2.07. The standard InChI is InChI=1S/C16H15ClN2O2/c17-13-7-6-12(16(8-13)19(20)21)10-18-15-9-14(15)11-4-2-1-3-5-11/h1-8,14-15,18H,9-10H2. The van der Waals surface area contributed by atoms with Crippen LogP contribution in [-0.4, -0.2) is 11.0 Å². The van der Waals surface area contributed by atoms with E-state index in [0.717, 1.165) is 6.42 Å². The molecule has 2 aromatic rings. The van der Waals surface area contributed by atoms with Crippen LogP contribution in [0.15, 0.2) is 48.5 Å². The average molecular weight is 303 g/mol. The highest BCUT2D eigenvalue weighted by molar-refractivity contribution is 6.30. The highest BCUT2D eigenvalue weighted by atomic mass is 35.5. The summed E-state index contributed by atoms with van der Waals surface area (Å²) in [6.07, 6.45) is 1.07. The molecule has 1 aliphatic carbocycles. The lowest BCUT2D eigenvalue weighted by atomic mass is 10.1. The maximum atomic E-state index is 11.0. The molecule has 3 rings (SSSR count). The first kappa shape index (κ1) is 14.0. The topological polar surface area (TPSA) is 55.2 Å². The van der Waals surface area contributed by atoms with Crippen molar-refractivity contribution in [2.45, 2.75) is 24.9 Å². The van der Waals surface area contributed by atoms with Crippen LogP contribution in [0.25, 0.3) is 0 Å². The number of halogens is 1. The summed E-state index contributed by atoms with van der Waals surface area (Å²) in [7, 11) is 0. The quantitative estimate of drug-likeness (QED) is 0.673. The van der Waals surface area contributed by atoms with Gasteiger partial charge in [-0.2, -0.15) is 0 Å². The summed E-state index contributed by atoms with van der Waals surface area (Å²) < 4.78 is 0. The molecule has 0 aromatic heterocycles. The molecule has 108 valence electrons. The van der Waals surface area contributed by atoms with Gasteiger partial charge >= 0.3 is 0 Å². The molecule has 1 fully saturated rings. The molecular formula is C16H15ClN2O2. The molecular weight excluding hydrogens is 288 g/mol. The first-order chi connectivity index (χ1) is 10.1. The zero-order valence-corrected chi connectivity index (χ0v) is 12.1. The second-order valence-electron chi connectivity index (χ2n) is 5.27. The van der Waals surface area contributed by atoms with Crippen molar-refractivity contribution in [2.75, 3.05) is 0 Å². The van der Waals surface area contributed by atoms with Crippen LogP contribution < -0.4 is 5.32 Å². The van der Waals surface area contributed by atoms with Crippen molar-refractivity contribution in [2.24, 2.45) is 0 Å². The van der Waals surface area contributed by atoms with E-state index in [1.165, 1.54) is 11.6 Å². The molecule has 2 atom stereocenters. The number of nitrogens with zero attached hydrogens (tertiary/aromatic N) is 1. The maximum Gasteiger partial charge on any atom is 0.275 e. The fourth-order valence-corrected chi connectivity index (χ4v) is 2.75. The van der Waals surface area contributed by atoms with Gasteiger partial charge in [0.05, 0.1) is 4.92 Å². The third kappa shape index (κ3) is 3.23. The molecule has 0 radical (unpaired) electrons. The predicted octanol–water partition coefficient (Wildman–Crippen LogP) is 3.89. The van der Waals surface area contributed by atoms with Gasteiger partial charge in [0.1, 0.15) is 0 Å². The molecule has 21 heavy (non-hydrogen) atoms. The Hall–Kier alpha value is -1.91. The molecule has 5 heteroatoms. The summed E-state index contributed by atoms with van der Waals surface area (Å²) in [5, 5.41) is 14.8. The first-order valence-corrected chi connectivity index (χ1v) is 7.24. The lowest BCUT2D eigenvalue weighted by molar-refractivity contribution is -0.385. The van der Waals surface area contributed by atoms with E-state index in [4.69, 9.17) is 11.6 Å². The number of rotatable bonds is 5. The van der Waals surface area contributed by atoms with Crippen molar-refractivity contribution in [3.05, 3.63) is 74.8 Å². The fraction of sp³-hybridized carbons (Fsp3) is 0.250. The van der Waals surface area contributed by atoms with E-state index in [2.05, 4.69) is 17.4 Å². The van der Waals surface area contributed by atoms with E-state index in [0.29, 0.717) is 29.1 Å². The third-order valence-corrected chi connectivity index (χ3v) is 4.05. The monoisotopic (exact) mass is 302 g/mol. The van der Waals surface area contributed by atoms with Crippen LogP contribution in [0.5, 0.6) is 0 Å². The summed E-state index contributed by atoms with van der Waals surface area (Å²) in [5.74, 6) is 0.512. The second-order valence-corrected chi connectivity index (χ2v) is 5.71. The highest BCUT2D eigenvalue weighted by Gasteiger charge is 2.37. The van der Waals surface area contributed by atoms with Crippen molar-refractivity contribution in [1.29, 1.82) is 0 Å². The van der Waals surface area contributed by atoms with Gasteiger partial charge in [-0.25, -0.2) is 0 Å². The molecule has 0 aliphatic heterocycles. The molecule has 1 saturated carbocycles. The van der Waals surface area contributed by atoms with Crippen LogP contribution in [0.3, 0.4) is 0 Å². The Morgan fingerprint density at radius 1 is 1.24 bits per heavy atom. The summed E-state index contributed by atoms with van der Waals surface area (Å²) in [6, 6.07) is 15.5. The van der Waals surface area contributed by atoms with Crippen LogP contribution >= 0.6 is 11.6 Å². The van der Waals surface area contributed by atoms with E-state index in [1.54, 1.807) is 12.1 Å². The average Bonchev–Trinajstić information content (AvgIpc) is 3.26. The van der Waals surface area contributed by atoms with Crippen LogP contribution in [-0.2, 0) is 6.54 Å². The van der Waals surface area contributed by atoms with Crippen molar-refractivity contribution in [3.63, 3.8) is 0 Å². The molecule has 4 nitrogen and oxygen atoms in total. The van der Waals surface area contributed by atoms with E-state index in [1.807, 2.05) is 18.2 Å². The lowest BCUT2D eigenvalue weighted by Gasteiger charge is -2.06. The van der Waals surface area contributed by atoms with Gasteiger partial charge in [0.15, 0.2) is 0 Å². The van der Waals surface area contributed by atoms with Crippen molar-refractivity contribution in [1.82, 2.24) is 5.32 Å². The van der Waals surface area contributed by atoms with Crippen molar-refractivity contribution in [3.8, 4) is 0 Å². The van der Waals surface area contributed by atoms with E-state index in [-0.39, 0.29) is 10.6 Å². The second kappa shape index (κ2) is 5.84. The Morgan fingerprint density at radius 3 is 2.71 bits per heavy atom. The van der Waals surface area contributed by atoms with Crippen LogP contribution in [0.1, 0.15) is 23.5 Å². The van der Waals surface area contributed by atoms with E-state index < -0.39 is 0 Å². The Kier molecular flexibility index (Phi) is 3.90. The smallest absolute Gasteiger partial charge is 0.275 e. The minimum Gasteiger partial charge on any atom is -0.309 e. The Labute approximate surface area is 127 Å². The summed E-state index contributed by atoms with van der Waals surface area (Å²) in [4.78, 5) is 10.7. The molecule has 1 aliphatic rings. The predicted molar refractivity (Wildman–Crippen MR) is 82.5 cm³/mol. The molecule has 0 spiro atoms. The zero-order valence-electron chi connectivity index (χ0n) is 11.3. The van der Waals surface area contributed by atoms with Gasteiger partial charge in [-0.1, -0.05) is 41.9 Å². The van der Waals surface area contributed by atoms with Crippen molar-refractivity contribution < 1.29 is 4.92 Å². The van der Waals surface area contributed by atoms with Gasteiger partial charge in [-0.15, -0.1) is 0 Å². The number of benzene rings is 2. The molecule has 2 unspecified atom stereocenters. The minimum atomic E-state index is -0.384. The summed E-state index contributed by atoms with van der Waals surface area (Å²) in [6.45, 7) is 0.488. The Morgan fingerprint density at radius 2 is 2.00 bits per heavy atom. The van der Waals surface area contributed by atoms with Crippen LogP contribution in [0.4, 0.5) is 5.69 Å². The third-order valence-electron chi connectivity index (χ3n) is 3.82. The van der Waals surface area contributed by atoms with Crippen LogP contribution in [0.2, 0.25) is 5.02 Å². The number of nitro groups is 1. The van der Waals surface area contributed by atoms with Crippen molar-refractivity contribution >= 4 is 17.3 Å². The molecule has 1 N–H and O–H groups in total. The normalized spacial score (nSPS) is 20.2. The molecule has 0 bridgehead atoms. The Balaban J connectivity index is 1.63. The van der Waals surface area contributed by atoms with Crippen LogP contribution in [0, 0.1) is 10.1 Å². The van der Waals surface area contributed by atoms with E-state index in [9.17, 15) is 10.1 Å². The van der Waals surface area contributed by atoms with Gasteiger partial charge in [0, 0.05) is 35.2 Å². The lowest BCUT2D eigenvalue weighted by Crippen LogP contribution is -2.18. The largest absolute Gasteiger partial charge is 0.309 e. The Bertz CT molecular complexity index is 661. The minimum absolute atomic E-state index is 0.0758. The molecule has 0 heterocycles. The number of nitrogens with one attached hydrogen (secondary N) is 1.